The fourth-order valence-electron chi connectivity index (χ4n) is 5.21. The Kier molecular flexibility index (Phi) is 7.20. The number of fused-ring (bicyclic) bond motifs is 3. The van der Waals surface area contributed by atoms with Gasteiger partial charge in [0.2, 0.25) is 5.91 Å². The number of benzene rings is 2. The van der Waals surface area contributed by atoms with Crippen LogP contribution >= 0.6 is 0 Å². The molecule has 2 aromatic rings. The van der Waals surface area contributed by atoms with Crippen LogP contribution in [0, 0.1) is 5.92 Å². The second kappa shape index (κ2) is 10.3. The molecule has 0 aromatic heterocycles. The third-order valence-corrected chi connectivity index (χ3v) is 6.90. The molecular formula is C27H32N2O5. The molecule has 1 fully saturated rings. The lowest BCUT2D eigenvalue weighted by atomic mass is 9.98. The first-order valence-electron chi connectivity index (χ1n) is 12.0. The number of hydrogen-bond acceptors (Lipinski definition) is 4. The number of aliphatic carboxylic acids is 1. The Balaban J connectivity index is 1.44. The molecule has 0 radical (unpaired) electrons. The number of nitrogens with zero attached hydrogens (tertiary/aromatic N) is 1. The Morgan fingerprint density at radius 1 is 1.00 bits per heavy atom. The number of nitrogens with one attached hydrogen (secondary N) is 1. The van der Waals surface area contributed by atoms with Crippen LogP contribution in [0.15, 0.2) is 48.5 Å². The van der Waals surface area contributed by atoms with Crippen molar-refractivity contribution >= 4 is 18.0 Å². The van der Waals surface area contributed by atoms with Crippen LogP contribution in [0.3, 0.4) is 0 Å². The zero-order valence-electron chi connectivity index (χ0n) is 19.7. The lowest BCUT2D eigenvalue weighted by Gasteiger charge is -2.32. The summed E-state index contributed by atoms with van der Waals surface area (Å²) in [7, 11) is 0. The normalized spacial score (nSPS) is 16.1. The molecule has 0 spiro atoms. The summed E-state index contributed by atoms with van der Waals surface area (Å²) in [5, 5.41) is 12.1. The molecule has 2 N–H and O–H groups in total. The van der Waals surface area contributed by atoms with E-state index in [2.05, 4.69) is 17.4 Å². The topological polar surface area (TPSA) is 95.9 Å². The number of rotatable bonds is 8. The van der Waals surface area contributed by atoms with Crippen molar-refractivity contribution in [1.82, 2.24) is 10.2 Å². The molecule has 2 aromatic carbocycles. The van der Waals surface area contributed by atoms with Crippen molar-refractivity contribution in [2.75, 3.05) is 13.2 Å². The van der Waals surface area contributed by atoms with E-state index < -0.39 is 18.1 Å². The van der Waals surface area contributed by atoms with Gasteiger partial charge in [0, 0.05) is 12.0 Å². The highest BCUT2D eigenvalue weighted by Crippen LogP contribution is 2.44. The Labute approximate surface area is 200 Å². The highest BCUT2D eigenvalue weighted by molar-refractivity contribution is 5.88. The third-order valence-electron chi connectivity index (χ3n) is 6.90. The number of amides is 2. The molecule has 2 amide bonds. The molecule has 7 nitrogen and oxygen atoms in total. The van der Waals surface area contributed by atoms with Crippen LogP contribution in [0.5, 0.6) is 0 Å². The Bertz CT molecular complexity index is 1010. The highest BCUT2D eigenvalue weighted by atomic mass is 16.5. The van der Waals surface area contributed by atoms with Crippen molar-refractivity contribution in [3.63, 3.8) is 0 Å². The maximum Gasteiger partial charge on any atom is 0.407 e. The average molecular weight is 465 g/mol. The van der Waals surface area contributed by atoms with Crippen molar-refractivity contribution in [1.29, 1.82) is 0 Å². The average Bonchev–Trinajstić information content (AvgIpc) is 3.46. The quantitative estimate of drug-likeness (QED) is 0.604. The van der Waals surface area contributed by atoms with Gasteiger partial charge in [-0.2, -0.15) is 0 Å². The van der Waals surface area contributed by atoms with Crippen LogP contribution in [0.25, 0.3) is 11.1 Å². The molecule has 0 unspecified atom stereocenters. The van der Waals surface area contributed by atoms with Crippen LogP contribution in [0.1, 0.15) is 56.6 Å². The van der Waals surface area contributed by atoms with Crippen molar-refractivity contribution in [2.24, 2.45) is 5.92 Å². The van der Waals surface area contributed by atoms with E-state index in [0.29, 0.717) is 0 Å². The van der Waals surface area contributed by atoms with Crippen LogP contribution in [-0.2, 0) is 14.3 Å². The van der Waals surface area contributed by atoms with E-state index in [4.69, 9.17) is 4.74 Å². The monoisotopic (exact) mass is 464 g/mol. The van der Waals surface area contributed by atoms with Gasteiger partial charge in [0.1, 0.15) is 19.2 Å². The minimum absolute atomic E-state index is 0.0756. The lowest BCUT2D eigenvalue weighted by molar-refractivity contribution is -0.147. The summed E-state index contributed by atoms with van der Waals surface area (Å²) in [6, 6.07) is 15.2. The molecule has 0 heterocycles. The number of ether oxygens (including phenoxy) is 1. The van der Waals surface area contributed by atoms with E-state index in [0.717, 1.165) is 47.9 Å². The Morgan fingerprint density at radius 2 is 1.56 bits per heavy atom. The number of carbonyl (C=O) groups excluding carboxylic acids is 2. The van der Waals surface area contributed by atoms with E-state index >= 15 is 0 Å². The van der Waals surface area contributed by atoms with Crippen molar-refractivity contribution in [2.45, 2.75) is 57.5 Å². The molecule has 34 heavy (non-hydrogen) atoms. The number of carboxylic acids is 1. The first kappa shape index (κ1) is 23.8. The Hall–Kier alpha value is -3.35. The summed E-state index contributed by atoms with van der Waals surface area (Å²) < 4.78 is 5.62. The lowest BCUT2D eigenvalue weighted by Crippen LogP contribution is -2.54. The van der Waals surface area contributed by atoms with Gasteiger partial charge in [-0.25, -0.2) is 4.79 Å². The second-order valence-corrected chi connectivity index (χ2v) is 9.49. The van der Waals surface area contributed by atoms with Gasteiger partial charge in [-0.1, -0.05) is 75.2 Å². The molecule has 0 aliphatic heterocycles. The molecule has 2 aliphatic carbocycles. The fraction of sp³-hybridized carbons (Fsp3) is 0.444. The van der Waals surface area contributed by atoms with Crippen LogP contribution in [-0.4, -0.2) is 53.2 Å². The van der Waals surface area contributed by atoms with Gasteiger partial charge >= 0.3 is 12.1 Å². The second-order valence-electron chi connectivity index (χ2n) is 9.49. The molecule has 180 valence electrons. The predicted molar refractivity (Wildman–Crippen MR) is 128 cm³/mol. The van der Waals surface area contributed by atoms with E-state index in [9.17, 15) is 19.5 Å². The number of carboxylic acid groups (broad SMARTS) is 1. The van der Waals surface area contributed by atoms with Crippen molar-refractivity contribution in [3.05, 3.63) is 59.7 Å². The standard InChI is InChI=1S/C27H32N2O5/c1-17(2)25(26(32)29(15-24(30)31)18-9-3-4-10-18)28-27(33)34-16-23-21-13-7-5-11-19(21)20-12-6-8-14-22(20)23/h5-8,11-14,17-18,23,25H,3-4,9-10,15-16H2,1-2H3,(H,28,33)(H,30,31)/t25-/m1/s1. The summed E-state index contributed by atoms with van der Waals surface area (Å²) in [6.07, 6.45) is 2.85. The maximum absolute atomic E-state index is 13.3. The van der Waals surface area contributed by atoms with Gasteiger partial charge < -0.3 is 20.1 Å². The molecule has 1 atom stereocenters. The SMILES string of the molecule is CC(C)[C@@H](NC(=O)OCC1c2ccccc2-c2ccccc21)C(=O)N(CC(=O)O)C1CCCC1. The summed E-state index contributed by atoms with van der Waals surface area (Å²) in [5.41, 5.74) is 4.51. The minimum Gasteiger partial charge on any atom is -0.480 e. The Morgan fingerprint density at radius 3 is 2.09 bits per heavy atom. The molecule has 0 saturated heterocycles. The van der Waals surface area contributed by atoms with Crippen LogP contribution in [0.4, 0.5) is 4.79 Å². The summed E-state index contributed by atoms with van der Waals surface area (Å²) in [5.74, 6) is -1.71. The van der Waals surface area contributed by atoms with Crippen LogP contribution < -0.4 is 5.32 Å². The number of alkyl carbamates (subject to hydrolysis) is 1. The minimum atomic E-state index is -1.05. The van der Waals surface area contributed by atoms with Gasteiger partial charge in [0.05, 0.1) is 0 Å². The van der Waals surface area contributed by atoms with Gasteiger partial charge in [-0.3, -0.25) is 9.59 Å². The number of carbonyl (C=O) groups is 3. The zero-order valence-corrected chi connectivity index (χ0v) is 19.7. The first-order chi connectivity index (χ1) is 16.4. The van der Waals surface area contributed by atoms with E-state index in [-0.39, 0.29) is 36.9 Å². The van der Waals surface area contributed by atoms with Crippen molar-refractivity contribution in [3.8, 4) is 11.1 Å². The van der Waals surface area contributed by atoms with E-state index in [1.807, 2.05) is 50.2 Å². The van der Waals surface area contributed by atoms with Gasteiger partial charge in [0.25, 0.3) is 0 Å². The smallest absolute Gasteiger partial charge is 0.407 e. The summed E-state index contributed by atoms with van der Waals surface area (Å²) in [6.45, 7) is 3.46. The van der Waals surface area contributed by atoms with Gasteiger partial charge in [0.15, 0.2) is 0 Å². The van der Waals surface area contributed by atoms with Gasteiger partial charge in [-0.15, -0.1) is 0 Å². The summed E-state index contributed by atoms with van der Waals surface area (Å²) in [4.78, 5) is 39.0. The maximum atomic E-state index is 13.3. The van der Waals surface area contributed by atoms with Crippen molar-refractivity contribution < 1.29 is 24.2 Å². The molecule has 1 saturated carbocycles. The zero-order chi connectivity index (χ0) is 24.2. The largest absolute Gasteiger partial charge is 0.480 e. The highest BCUT2D eigenvalue weighted by Gasteiger charge is 2.36. The molecule has 4 rings (SSSR count). The first-order valence-corrected chi connectivity index (χ1v) is 12.0. The molecule has 2 aliphatic rings. The molecular weight excluding hydrogens is 432 g/mol. The van der Waals surface area contributed by atoms with Crippen LogP contribution in [0.2, 0.25) is 0 Å². The fourth-order valence-corrected chi connectivity index (χ4v) is 5.21. The van der Waals surface area contributed by atoms with E-state index in [1.54, 1.807) is 0 Å². The third kappa shape index (κ3) is 4.93. The van der Waals surface area contributed by atoms with Gasteiger partial charge in [-0.05, 0) is 41.0 Å². The summed E-state index contributed by atoms with van der Waals surface area (Å²) >= 11 is 0. The number of hydrogen-bond donors (Lipinski definition) is 2. The predicted octanol–water partition coefficient (Wildman–Crippen LogP) is 4.41. The molecule has 7 heteroatoms. The van der Waals surface area contributed by atoms with E-state index in [1.165, 1.54) is 4.90 Å². The molecule has 0 bridgehead atoms.